The fourth-order valence-electron chi connectivity index (χ4n) is 4.08. The summed E-state index contributed by atoms with van der Waals surface area (Å²) in [6.07, 6.45) is 8.08. The van der Waals surface area contributed by atoms with E-state index in [1.165, 1.54) is 25.7 Å². The highest BCUT2D eigenvalue weighted by Crippen LogP contribution is 2.42. The van der Waals surface area contributed by atoms with Crippen molar-refractivity contribution >= 4 is 16.0 Å². The van der Waals surface area contributed by atoms with E-state index in [4.69, 9.17) is 0 Å². The summed E-state index contributed by atoms with van der Waals surface area (Å²) >= 11 is 0. The van der Waals surface area contributed by atoms with Crippen molar-refractivity contribution in [1.29, 1.82) is 0 Å². The first-order valence-electron chi connectivity index (χ1n) is 10.5. The first-order valence-corrected chi connectivity index (χ1v) is 12.0. The fourth-order valence-corrected chi connectivity index (χ4v) is 5.67. The molecule has 3 rings (SSSR count). The van der Waals surface area contributed by atoms with Gasteiger partial charge in [-0.1, -0.05) is 31.9 Å². The second-order valence-corrected chi connectivity index (χ2v) is 10.0. The van der Waals surface area contributed by atoms with Crippen LogP contribution in [0.1, 0.15) is 57.4 Å². The molecule has 0 aromatic heterocycles. The highest BCUT2D eigenvalue weighted by molar-refractivity contribution is 7.89. The maximum Gasteiger partial charge on any atom is 0.243 e. The van der Waals surface area contributed by atoms with Crippen LogP contribution in [0.4, 0.5) is 0 Å². The molecule has 28 heavy (non-hydrogen) atoms. The van der Waals surface area contributed by atoms with Gasteiger partial charge in [-0.2, -0.15) is 4.31 Å². The Bertz CT molecular complexity index is 776. The highest BCUT2D eigenvalue weighted by Gasteiger charge is 2.34. The summed E-state index contributed by atoms with van der Waals surface area (Å²) in [7, 11) is -1.63. The van der Waals surface area contributed by atoms with E-state index in [0.717, 1.165) is 37.3 Å². The van der Waals surface area contributed by atoms with Crippen LogP contribution < -0.4 is 10.6 Å². The third-order valence-electron chi connectivity index (χ3n) is 6.33. The van der Waals surface area contributed by atoms with Gasteiger partial charge in [-0.15, -0.1) is 0 Å². The van der Waals surface area contributed by atoms with Crippen molar-refractivity contribution < 1.29 is 8.42 Å². The molecule has 1 aliphatic carbocycles. The minimum Gasteiger partial charge on any atom is -0.356 e. The van der Waals surface area contributed by atoms with Crippen LogP contribution in [-0.4, -0.2) is 45.4 Å². The number of guanidine groups is 1. The monoisotopic (exact) mass is 406 g/mol. The molecule has 7 heteroatoms. The van der Waals surface area contributed by atoms with Gasteiger partial charge in [-0.25, -0.2) is 8.42 Å². The van der Waals surface area contributed by atoms with Crippen LogP contribution in [-0.2, 0) is 16.6 Å². The Morgan fingerprint density at radius 2 is 1.89 bits per heavy atom. The van der Waals surface area contributed by atoms with Gasteiger partial charge < -0.3 is 10.6 Å². The molecular formula is C21H34N4O2S. The van der Waals surface area contributed by atoms with E-state index in [1.807, 2.05) is 12.1 Å². The van der Waals surface area contributed by atoms with Gasteiger partial charge in [-0.3, -0.25) is 4.99 Å². The molecule has 156 valence electrons. The summed E-state index contributed by atoms with van der Waals surface area (Å²) in [4.78, 5) is 4.70. The van der Waals surface area contributed by atoms with E-state index >= 15 is 0 Å². The standard InChI is InChI=1S/C21H34N4O2S/c1-3-21(11-8-12-21)17-24-20(22-2)23-16-18-9-7-10-19(15-18)28(26,27)25-13-5-4-6-14-25/h7,9-10,15H,3-6,8,11-14,16-17H2,1-2H3,(H2,22,23,24). The van der Waals surface area contributed by atoms with E-state index in [9.17, 15) is 8.42 Å². The molecule has 1 aromatic carbocycles. The average molecular weight is 407 g/mol. The number of hydrogen-bond acceptors (Lipinski definition) is 3. The Kier molecular flexibility index (Phi) is 6.99. The summed E-state index contributed by atoms with van der Waals surface area (Å²) in [5.74, 6) is 0.768. The lowest BCUT2D eigenvalue weighted by Crippen LogP contribution is -2.46. The second-order valence-electron chi connectivity index (χ2n) is 8.10. The predicted molar refractivity (Wildman–Crippen MR) is 114 cm³/mol. The van der Waals surface area contributed by atoms with Gasteiger partial charge in [0.2, 0.25) is 10.0 Å². The zero-order chi connectivity index (χ0) is 20.0. The number of benzene rings is 1. The highest BCUT2D eigenvalue weighted by atomic mass is 32.2. The molecule has 0 spiro atoms. The fraction of sp³-hybridized carbons (Fsp3) is 0.667. The molecule has 2 fully saturated rings. The first-order chi connectivity index (χ1) is 13.5. The molecule has 1 saturated heterocycles. The Hall–Kier alpha value is -1.60. The quantitative estimate of drug-likeness (QED) is 0.539. The second kappa shape index (κ2) is 9.27. The molecule has 1 heterocycles. The number of aliphatic imine (C=N–C) groups is 1. The summed E-state index contributed by atoms with van der Waals surface area (Å²) < 4.78 is 27.4. The maximum atomic E-state index is 12.9. The van der Waals surface area contributed by atoms with Gasteiger partial charge in [0, 0.05) is 33.2 Å². The van der Waals surface area contributed by atoms with Crippen molar-refractivity contribution in [3.8, 4) is 0 Å². The number of nitrogens with zero attached hydrogens (tertiary/aromatic N) is 2. The van der Waals surface area contributed by atoms with E-state index in [-0.39, 0.29) is 0 Å². The SMILES string of the molecule is CCC1(CNC(=NC)NCc2cccc(S(=O)(=O)N3CCCCC3)c2)CCC1. The van der Waals surface area contributed by atoms with E-state index in [1.54, 1.807) is 23.5 Å². The van der Waals surface area contributed by atoms with Gasteiger partial charge >= 0.3 is 0 Å². The van der Waals surface area contributed by atoms with Crippen LogP contribution in [0.15, 0.2) is 34.2 Å². The number of hydrogen-bond donors (Lipinski definition) is 2. The van der Waals surface area contributed by atoms with Crippen LogP contribution in [0.25, 0.3) is 0 Å². The lowest BCUT2D eigenvalue weighted by atomic mass is 9.67. The smallest absolute Gasteiger partial charge is 0.243 e. The minimum absolute atomic E-state index is 0.385. The summed E-state index contributed by atoms with van der Waals surface area (Å²) in [5, 5.41) is 6.76. The van der Waals surface area contributed by atoms with Crippen molar-refractivity contribution in [3.63, 3.8) is 0 Å². The number of piperidine rings is 1. The summed E-state index contributed by atoms with van der Waals surface area (Å²) in [6.45, 7) is 4.99. The van der Waals surface area contributed by atoms with Gasteiger partial charge in [0.15, 0.2) is 5.96 Å². The predicted octanol–water partition coefficient (Wildman–Crippen LogP) is 3.11. The number of rotatable bonds is 7. The molecule has 0 unspecified atom stereocenters. The Balaban J connectivity index is 1.59. The Labute approximate surface area is 169 Å². The molecule has 2 aliphatic rings. The van der Waals surface area contributed by atoms with E-state index in [2.05, 4.69) is 22.5 Å². The largest absolute Gasteiger partial charge is 0.356 e. The lowest BCUT2D eigenvalue weighted by Gasteiger charge is -2.41. The molecular weight excluding hydrogens is 372 g/mol. The minimum atomic E-state index is -3.40. The zero-order valence-electron chi connectivity index (χ0n) is 17.2. The van der Waals surface area contributed by atoms with Gasteiger partial charge in [0.25, 0.3) is 0 Å². The van der Waals surface area contributed by atoms with Crippen LogP contribution in [0.5, 0.6) is 0 Å². The number of sulfonamides is 1. The van der Waals surface area contributed by atoms with Crippen molar-refractivity contribution in [2.75, 3.05) is 26.7 Å². The molecule has 1 aliphatic heterocycles. The Morgan fingerprint density at radius 3 is 2.50 bits per heavy atom. The lowest BCUT2D eigenvalue weighted by molar-refractivity contribution is 0.131. The van der Waals surface area contributed by atoms with Crippen molar-refractivity contribution in [2.45, 2.75) is 63.3 Å². The van der Waals surface area contributed by atoms with Crippen molar-refractivity contribution in [1.82, 2.24) is 14.9 Å². The molecule has 0 radical (unpaired) electrons. The van der Waals surface area contributed by atoms with Crippen molar-refractivity contribution in [3.05, 3.63) is 29.8 Å². The molecule has 1 aromatic rings. The van der Waals surface area contributed by atoms with Crippen LogP contribution in [0, 0.1) is 5.41 Å². The summed E-state index contributed by atoms with van der Waals surface area (Å²) in [5.41, 5.74) is 1.36. The molecule has 0 amide bonds. The topological polar surface area (TPSA) is 73.8 Å². The normalized spacial score (nSPS) is 20.4. The van der Waals surface area contributed by atoms with Crippen LogP contribution >= 0.6 is 0 Å². The van der Waals surface area contributed by atoms with Gasteiger partial charge in [-0.05, 0) is 55.2 Å². The number of nitrogens with one attached hydrogen (secondary N) is 2. The third kappa shape index (κ3) is 4.87. The molecule has 6 nitrogen and oxygen atoms in total. The van der Waals surface area contributed by atoms with Gasteiger partial charge in [0.1, 0.15) is 0 Å². The van der Waals surface area contributed by atoms with E-state index < -0.39 is 10.0 Å². The molecule has 2 N–H and O–H groups in total. The van der Waals surface area contributed by atoms with Crippen LogP contribution in [0.3, 0.4) is 0 Å². The summed E-state index contributed by atoms with van der Waals surface area (Å²) in [6, 6.07) is 7.26. The zero-order valence-corrected chi connectivity index (χ0v) is 18.0. The van der Waals surface area contributed by atoms with Crippen molar-refractivity contribution in [2.24, 2.45) is 10.4 Å². The van der Waals surface area contributed by atoms with Gasteiger partial charge in [0.05, 0.1) is 4.90 Å². The Morgan fingerprint density at radius 1 is 1.14 bits per heavy atom. The first kappa shape index (κ1) is 21.1. The van der Waals surface area contributed by atoms with Crippen LogP contribution in [0.2, 0.25) is 0 Å². The molecule has 0 bridgehead atoms. The molecule has 1 saturated carbocycles. The molecule has 0 atom stereocenters. The average Bonchev–Trinajstić information content (AvgIpc) is 2.70. The maximum absolute atomic E-state index is 12.9. The van der Waals surface area contributed by atoms with E-state index in [0.29, 0.717) is 29.9 Å². The third-order valence-corrected chi connectivity index (χ3v) is 8.22.